The second-order valence-corrected chi connectivity index (χ2v) is 7.35. The van der Waals surface area contributed by atoms with Gasteiger partial charge in [-0.1, -0.05) is 30.7 Å². The first-order valence-corrected chi connectivity index (χ1v) is 8.92. The van der Waals surface area contributed by atoms with Crippen LogP contribution in [0.5, 0.6) is 0 Å². The largest absolute Gasteiger partial charge is 0.330 e. The van der Waals surface area contributed by atoms with Gasteiger partial charge in [0.05, 0.1) is 0 Å². The van der Waals surface area contributed by atoms with Crippen molar-refractivity contribution in [3.8, 4) is 0 Å². The highest BCUT2D eigenvalue weighted by molar-refractivity contribution is 5.32. The molecule has 3 fully saturated rings. The zero-order valence-corrected chi connectivity index (χ0v) is 13.0. The minimum Gasteiger partial charge on any atom is -0.330 e. The minimum absolute atomic E-state index is 0.573. The first kappa shape index (κ1) is 13.8. The molecule has 0 aromatic heterocycles. The van der Waals surface area contributed by atoms with Crippen LogP contribution in [-0.4, -0.2) is 24.0 Å². The van der Waals surface area contributed by atoms with Crippen molar-refractivity contribution in [3.63, 3.8) is 0 Å². The van der Waals surface area contributed by atoms with E-state index in [4.69, 9.17) is 5.73 Å². The summed E-state index contributed by atoms with van der Waals surface area (Å²) in [5, 5.41) is 0. The topological polar surface area (TPSA) is 29.3 Å². The molecule has 0 radical (unpaired) electrons. The summed E-state index contributed by atoms with van der Waals surface area (Å²) >= 11 is 0. The smallest absolute Gasteiger partial charge is 0.0391 e. The Hall–Kier alpha value is -0.860. The van der Waals surface area contributed by atoms with Crippen LogP contribution in [-0.2, 0) is 0 Å². The van der Waals surface area contributed by atoms with E-state index in [0.29, 0.717) is 12.0 Å². The van der Waals surface area contributed by atoms with Gasteiger partial charge in [-0.3, -0.25) is 4.90 Å². The molecule has 1 aromatic rings. The van der Waals surface area contributed by atoms with Crippen LogP contribution < -0.4 is 5.73 Å². The zero-order valence-electron chi connectivity index (χ0n) is 13.0. The fraction of sp³-hybridized carbons (Fsp3) is 0.684. The van der Waals surface area contributed by atoms with E-state index < -0.39 is 0 Å². The maximum Gasteiger partial charge on any atom is 0.0391 e. The molecule has 3 aliphatic rings. The second kappa shape index (κ2) is 5.73. The molecule has 2 atom stereocenters. The van der Waals surface area contributed by atoms with Crippen LogP contribution in [0, 0.1) is 5.92 Å². The third kappa shape index (κ3) is 2.89. The zero-order chi connectivity index (χ0) is 14.2. The van der Waals surface area contributed by atoms with E-state index in [2.05, 4.69) is 29.2 Å². The molecule has 2 saturated carbocycles. The van der Waals surface area contributed by atoms with Crippen molar-refractivity contribution in [2.24, 2.45) is 11.7 Å². The molecule has 2 nitrogen and oxygen atoms in total. The summed E-state index contributed by atoms with van der Waals surface area (Å²) in [4.78, 5) is 2.80. The molecule has 0 bridgehead atoms. The lowest BCUT2D eigenvalue weighted by molar-refractivity contribution is 0.149. The van der Waals surface area contributed by atoms with Crippen LogP contribution in [0.25, 0.3) is 0 Å². The normalized spacial score (nSPS) is 31.1. The van der Waals surface area contributed by atoms with Crippen LogP contribution in [0.4, 0.5) is 0 Å². The molecule has 114 valence electrons. The Labute approximate surface area is 128 Å². The maximum absolute atomic E-state index is 6.17. The first-order valence-electron chi connectivity index (χ1n) is 8.92. The number of benzene rings is 1. The van der Waals surface area contributed by atoms with E-state index in [1.54, 1.807) is 11.1 Å². The van der Waals surface area contributed by atoms with Crippen molar-refractivity contribution >= 4 is 0 Å². The Balaban J connectivity index is 1.67. The Morgan fingerprint density at radius 1 is 1.00 bits per heavy atom. The molecular formula is C19H28N2. The number of rotatable bonds is 4. The number of nitrogens with zero attached hydrogens (tertiary/aromatic N) is 1. The lowest BCUT2D eigenvalue weighted by Gasteiger charge is -2.35. The predicted octanol–water partition coefficient (Wildman–Crippen LogP) is 3.83. The molecule has 1 aromatic carbocycles. The Bertz CT molecular complexity index is 490. The molecule has 2 heteroatoms. The van der Waals surface area contributed by atoms with Gasteiger partial charge in [-0.2, -0.15) is 0 Å². The maximum atomic E-state index is 6.17. The summed E-state index contributed by atoms with van der Waals surface area (Å²) in [6, 6.07) is 10.9. The lowest BCUT2D eigenvalue weighted by Crippen LogP contribution is -2.37. The van der Waals surface area contributed by atoms with Crippen LogP contribution in [0.3, 0.4) is 0 Å². The first-order chi connectivity index (χ1) is 10.4. The highest BCUT2D eigenvalue weighted by Gasteiger charge is 2.39. The van der Waals surface area contributed by atoms with Crippen molar-refractivity contribution in [1.29, 1.82) is 0 Å². The fourth-order valence-electron chi connectivity index (χ4n) is 4.21. The van der Waals surface area contributed by atoms with Crippen LogP contribution in [0.1, 0.15) is 68.0 Å². The van der Waals surface area contributed by atoms with Crippen LogP contribution >= 0.6 is 0 Å². The average Bonchev–Trinajstić information content (AvgIpc) is 3.41. The number of hydrogen-bond acceptors (Lipinski definition) is 2. The number of nitrogens with two attached hydrogens (primary N) is 1. The summed E-state index contributed by atoms with van der Waals surface area (Å²) in [6.45, 7) is 2.11. The monoisotopic (exact) mass is 284 g/mol. The summed E-state index contributed by atoms with van der Waals surface area (Å²) < 4.78 is 0. The van der Waals surface area contributed by atoms with Crippen molar-refractivity contribution in [2.75, 3.05) is 13.1 Å². The fourth-order valence-corrected chi connectivity index (χ4v) is 4.21. The van der Waals surface area contributed by atoms with E-state index in [0.717, 1.165) is 18.5 Å². The third-order valence-corrected chi connectivity index (χ3v) is 5.66. The van der Waals surface area contributed by atoms with Crippen molar-refractivity contribution < 1.29 is 0 Å². The Kier molecular flexibility index (Phi) is 3.76. The van der Waals surface area contributed by atoms with Gasteiger partial charge in [-0.15, -0.1) is 0 Å². The Morgan fingerprint density at radius 3 is 2.52 bits per heavy atom. The van der Waals surface area contributed by atoms with Gasteiger partial charge in [0.1, 0.15) is 0 Å². The van der Waals surface area contributed by atoms with Gasteiger partial charge in [-0.05, 0) is 74.6 Å². The van der Waals surface area contributed by atoms with Crippen molar-refractivity contribution in [2.45, 2.75) is 62.9 Å². The number of hydrogen-bond donors (Lipinski definition) is 1. The average molecular weight is 284 g/mol. The SMILES string of the molecule is NCC1CCCCN(C2CC2)C1c1cccc(C2CC2)c1. The van der Waals surface area contributed by atoms with Gasteiger partial charge in [0, 0.05) is 12.1 Å². The molecule has 21 heavy (non-hydrogen) atoms. The molecule has 2 unspecified atom stereocenters. The molecule has 0 spiro atoms. The van der Waals surface area contributed by atoms with E-state index in [1.165, 1.54) is 51.5 Å². The lowest BCUT2D eigenvalue weighted by atomic mass is 9.88. The number of likely N-dealkylation sites (tertiary alicyclic amines) is 1. The molecular weight excluding hydrogens is 256 g/mol. The van der Waals surface area contributed by atoms with E-state index in [1.807, 2.05) is 0 Å². The highest BCUT2D eigenvalue weighted by atomic mass is 15.2. The van der Waals surface area contributed by atoms with E-state index >= 15 is 0 Å². The van der Waals surface area contributed by atoms with E-state index in [9.17, 15) is 0 Å². The molecule has 1 saturated heterocycles. The Morgan fingerprint density at radius 2 is 1.81 bits per heavy atom. The predicted molar refractivity (Wildman–Crippen MR) is 87.3 cm³/mol. The van der Waals surface area contributed by atoms with Gasteiger partial charge < -0.3 is 5.73 Å². The molecule has 1 heterocycles. The quantitative estimate of drug-likeness (QED) is 0.910. The van der Waals surface area contributed by atoms with Gasteiger partial charge in [0.25, 0.3) is 0 Å². The molecule has 1 aliphatic heterocycles. The summed E-state index contributed by atoms with van der Waals surface area (Å²) in [6.07, 6.45) is 9.58. The van der Waals surface area contributed by atoms with Crippen molar-refractivity contribution in [1.82, 2.24) is 4.90 Å². The second-order valence-electron chi connectivity index (χ2n) is 7.35. The molecule has 4 rings (SSSR count). The van der Waals surface area contributed by atoms with Crippen LogP contribution in [0.15, 0.2) is 24.3 Å². The summed E-state index contributed by atoms with van der Waals surface area (Å²) in [7, 11) is 0. The summed E-state index contributed by atoms with van der Waals surface area (Å²) in [5.41, 5.74) is 9.28. The highest BCUT2D eigenvalue weighted by Crippen LogP contribution is 2.44. The molecule has 0 amide bonds. The minimum atomic E-state index is 0.573. The summed E-state index contributed by atoms with van der Waals surface area (Å²) in [5.74, 6) is 1.49. The third-order valence-electron chi connectivity index (χ3n) is 5.66. The molecule has 2 aliphatic carbocycles. The van der Waals surface area contributed by atoms with Crippen molar-refractivity contribution in [3.05, 3.63) is 35.4 Å². The standard InChI is InChI=1S/C19H28N2/c20-13-17-4-1-2-11-21(18-9-10-18)19(17)16-6-3-5-15(12-16)14-7-8-14/h3,5-6,12,14,17-19H,1-2,4,7-11,13,20H2. The van der Waals surface area contributed by atoms with Gasteiger partial charge in [0.2, 0.25) is 0 Å². The van der Waals surface area contributed by atoms with Gasteiger partial charge in [0.15, 0.2) is 0 Å². The van der Waals surface area contributed by atoms with Gasteiger partial charge >= 0.3 is 0 Å². The molecule has 2 N–H and O–H groups in total. The van der Waals surface area contributed by atoms with E-state index in [-0.39, 0.29) is 0 Å². The van der Waals surface area contributed by atoms with Crippen LogP contribution in [0.2, 0.25) is 0 Å². The van der Waals surface area contributed by atoms with Gasteiger partial charge in [-0.25, -0.2) is 0 Å².